The second kappa shape index (κ2) is 8.77. The minimum Gasteiger partial charge on any atom is -0.307 e. The molecule has 8 nitrogen and oxygen atoms in total. The maximum absolute atomic E-state index is 13.0. The number of carbonyl (C=O) groups excluding carboxylic acids is 1. The summed E-state index contributed by atoms with van der Waals surface area (Å²) in [5, 5.41) is 7.14. The maximum Gasteiger partial charge on any atom is 0.332 e. The minimum atomic E-state index is -3.58. The molecule has 1 aromatic carbocycles. The number of benzene rings is 1. The van der Waals surface area contributed by atoms with Gasteiger partial charge < -0.3 is 5.32 Å². The van der Waals surface area contributed by atoms with Crippen molar-refractivity contribution in [1.29, 1.82) is 4.78 Å². The molecule has 1 saturated heterocycles. The van der Waals surface area contributed by atoms with E-state index >= 15 is 0 Å². The van der Waals surface area contributed by atoms with Gasteiger partial charge in [0.15, 0.2) is 14.9 Å². The topological polar surface area (TPSA) is 103 Å². The second-order valence-electron chi connectivity index (χ2n) is 8.46. The van der Waals surface area contributed by atoms with E-state index in [-0.39, 0.29) is 16.9 Å². The highest BCUT2D eigenvalue weighted by Gasteiger charge is 2.23. The van der Waals surface area contributed by atoms with E-state index in [0.717, 1.165) is 35.6 Å². The number of likely N-dealkylation sites (tertiary alicyclic amines) is 1. The SMILES string of the molecule is CC(C)c1cccc(C(C)C)c1NC(=O)NS(=N)(=O)c1cc(CN2CCC2)n(C)n1. The van der Waals surface area contributed by atoms with Gasteiger partial charge in [0.05, 0.1) is 5.69 Å². The molecule has 1 atom stereocenters. The lowest BCUT2D eigenvalue weighted by atomic mass is 9.93. The third kappa shape index (κ3) is 4.84. The van der Waals surface area contributed by atoms with Gasteiger partial charge in [0.2, 0.25) is 0 Å². The summed E-state index contributed by atoms with van der Waals surface area (Å²) >= 11 is 0. The lowest BCUT2D eigenvalue weighted by Crippen LogP contribution is -2.36. The van der Waals surface area contributed by atoms with E-state index in [4.69, 9.17) is 4.78 Å². The van der Waals surface area contributed by atoms with Crippen molar-refractivity contribution in [2.45, 2.75) is 57.5 Å². The first-order valence-corrected chi connectivity index (χ1v) is 11.9. The molecule has 1 unspecified atom stereocenters. The van der Waals surface area contributed by atoms with Gasteiger partial charge in [-0.15, -0.1) is 0 Å². The Balaban J connectivity index is 1.78. The van der Waals surface area contributed by atoms with Crippen LogP contribution in [0.3, 0.4) is 0 Å². The summed E-state index contributed by atoms with van der Waals surface area (Å²) in [6, 6.07) is 6.92. The van der Waals surface area contributed by atoms with Gasteiger partial charge in [-0.2, -0.15) is 5.10 Å². The number of anilines is 1. The largest absolute Gasteiger partial charge is 0.332 e. The number of para-hydroxylation sites is 1. The summed E-state index contributed by atoms with van der Waals surface area (Å²) in [5.74, 6) is 0.415. The molecule has 1 aromatic heterocycles. The van der Waals surface area contributed by atoms with E-state index in [2.05, 4.69) is 47.7 Å². The molecule has 30 heavy (non-hydrogen) atoms. The molecule has 1 fully saturated rings. The number of rotatable bonds is 7. The highest BCUT2D eigenvalue weighted by atomic mass is 32.2. The summed E-state index contributed by atoms with van der Waals surface area (Å²) in [7, 11) is -1.82. The van der Waals surface area contributed by atoms with Crippen LogP contribution < -0.4 is 10.0 Å². The van der Waals surface area contributed by atoms with Gasteiger partial charge in [0.1, 0.15) is 0 Å². The maximum atomic E-state index is 13.0. The zero-order valence-electron chi connectivity index (χ0n) is 18.4. The van der Waals surface area contributed by atoms with Crippen LogP contribution in [0.1, 0.15) is 62.8 Å². The fraction of sp³-hybridized carbons (Fsp3) is 0.524. The third-order valence-corrected chi connectivity index (χ3v) is 6.69. The van der Waals surface area contributed by atoms with Gasteiger partial charge >= 0.3 is 6.03 Å². The molecule has 3 N–H and O–H groups in total. The van der Waals surface area contributed by atoms with Crippen LogP contribution in [0, 0.1) is 4.78 Å². The number of urea groups is 1. The molecule has 0 bridgehead atoms. The average Bonchev–Trinajstić information content (AvgIpc) is 2.99. The van der Waals surface area contributed by atoms with Crippen molar-refractivity contribution >= 4 is 21.6 Å². The molecular formula is C21H32N6O2S. The Morgan fingerprint density at radius 1 is 1.20 bits per heavy atom. The van der Waals surface area contributed by atoms with Crippen LogP contribution in [0.5, 0.6) is 0 Å². The fourth-order valence-corrected chi connectivity index (χ4v) is 4.51. The van der Waals surface area contributed by atoms with Crippen molar-refractivity contribution in [3.8, 4) is 0 Å². The number of hydrogen-bond donors (Lipinski definition) is 3. The van der Waals surface area contributed by atoms with Crippen LogP contribution in [0.15, 0.2) is 29.3 Å². The van der Waals surface area contributed by atoms with Gasteiger partial charge in [-0.3, -0.25) is 9.58 Å². The van der Waals surface area contributed by atoms with Crippen molar-refractivity contribution < 1.29 is 9.00 Å². The Kier molecular flexibility index (Phi) is 6.52. The number of carbonyl (C=O) groups is 1. The van der Waals surface area contributed by atoms with Gasteiger partial charge in [-0.25, -0.2) is 18.5 Å². The van der Waals surface area contributed by atoms with Crippen molar-refractivity contribution in [2.75, 3.05) is 18.4 Å². The molecule has 1 aliphatic heterocycles. The molecule has 2 heterocycles. The van der Waals surface area contributed by atoms with E-state index in [9.17, 15) is 9.00 Å². The van der Waals surface area contributed by atoms with Crippen LogP contribution >= 0.6 is 0 Å². The van der Waals surface area contributed by atoms with Gasteiger partial charge in [-0.05, 0) is 48.5 Å². The fourth-order valence-electron chi connectivity index (χ4n) is 3.55. The van der Waals surface area contributed by atoms with Crippen LogP contribution in [-0.2, 0) is 23.5 Å². The minimum absolute atomic E-state index is 0.0666. The molecular weight excluding hydrogens is 400 g/mol. The Morgan fingerprint density at radius 2 is 1.80 bits per heavy atom. The quantitative estimate of drug-likeness (QED) is 0.615. The second-order valence-corrected chi connectivity index (χ2v) is 10.2. The molecule has 0 aliphatic carbocycles. The smallest absolute Gasteiger partial charge is 0.307 e. The standard InChI is InChI=1S/C21H32N6O2S/c1-14(2)17-8-6-9-18(15(3)4)20(17)23-21(28)25-30(22,29)19-12-16(26(5)24-19)13-27-10-7-11-27/h6,8-9,12,14-15H,7,10-11,13H2,1-5H3,(H3,22,23,25,28,29). The summed E-state index contributed by atoms with van der Waals surface area (Å²) < 4.78 is 25.2. The van der Waals surface area contributed by atoms with Crippen LogP contribution in [0.25, 0.3) is 0 Å². The van der Waals surface area contributed by atoms with Crippen LogP contribution in [0.4, 0.5) is 10.5 Å². The Hall–Kier alpha value is -2.39. The van der Waals surface area contributed by atoms with E-state index in [1.165, 1.54) is 6.42 Å². The van der Waals surface area contributed by atoms with E-state index in [1.54, 1.807) is 17.8 Å². The average molecular weight is 433 g/mol. The number of amides is 2. The van der Waals surface area contributed by atoms with Gasteiger partial charge in [-0.1, -0.05) is 45.9 Å². The molecule has 2 aromatic rings. The Morgan fingerprint density at radius 3 is 2.30 bits per heavy atom. The van der Waals surface area contributed by atoms with Gasteiger partial charge in [0.25, 0.3) is 0 Å². The van der Waals surface area contributed by atoms with Crippen molar-refractivity contribution in [3.05, 3.63) is 41.1 Å². The summed E-state index contributed by atoms with van der Waals surface area (Å²) in [6.45, 7) is 11.0. The summed E-state index contributed by atoms with van der Waals surface area (Å²) in [4.78, 5) is 15.0. The predicted molar refractivity (Wildman–Crippen MR) is 119 cm³/mol. The number of nitrogens with one attached hydrogen (secondary N) is 3. The number of aromatic nitrogens is 2. The number of aryl methyl sites for hydroxylation is 1. The zero-order chi connectivity index (χ0) is 22.1. The molecule has 0 radical (unpaired) electrons. The monoisotopic (exact) mass is 432 g/mol. The van der Waals surface area contributed by atoms with Crippen molar-refractivity contribution in [1.82, 2.24) is 19.4 Å². The normalized spacial score (nSPS) is 16.4. The number of nitrogens with zero attached hydrogens (tertiary/aromatic N) is 3. The highest BCUT2D eigenvalue weighted by molar-refractivity contribution is 7.91. The van der Waals surface area contributed by atoms with Crippen LogP contribution in [0.2, 0.25) is 0 Å². The Bertz CT molecular complexity index is 996. The predicted octanol–water partition coefficient (Wildman–Crippen LogP) is 4.01. The lowest BCUT2D eigenvalue weighted by Gasteiger charge is -2.30. The number of hydrogen-bond acceptors (Lipinski definition) is 5. The van der Waals surface area contributed by atoms with Crippen molar-refractivity contribution in [3.63, 3.8) is 0 Å². The van der Waals surface area contributed by atoms with Crippen LogP contribution in [-0.4, -0.2) is 38.0 Å². The lowest BCUT2D eigenvalue weighted by molar-refractivity contribution is 0.168. The van der Waals surface area contributed by atoms with Gasteiger partial charge in [0, 0.05) is 19.3 Å². The summed E-state index contributed by atoms with van der Waals surface area (Å²) in [6.07, 6.45) is 1.18. The first-order valence-electron chi connectivity index (χ1n) is 10.3. The van der Waals surface area contributed by atoms with E-state index < -0.39 is 15.9 Å². The molecule has 0 saturated carbocycles. The molecule has 1 aliphatic rings. The van der Waals surface area contributed by atoms with Crippen molar-refractivity contribution in [2.24, 2.45) is 7.05 Å². The van der Waals surface area contributed by atoms with E-state index in [0.29, 0.717) is 6.54 Å². The molecule has 164 valence electrons. The molecule has 0 spiro atoms. The van der Waals surface area contributed by atoms with E-state index in [1.807, 2.05) is 18.2 Å². The highest BCUT2D eigenvalue weighted by Crippen LogP contribution is 2.32. The molecule has 2 amide bonds. The first kappa shape index (κ1) is 22.3. The zero-order valence-corrected chi connectivity index (χ0v) is 19.2. The Labute approximate surface area is 179 Å². The summed E-state index contributed by atoms with van der Waals surface area (Å²) in [5.41, 5.74) is 3.60. The molecule has 3 rings (SSSR count). The first-order chi connectivity index (χ1) is 14.1. The molecule has 9 heteroatoms. The third-order valence-electron chi connectivity index (χ3n) is 5.43.